The van der Waals surface area contributed by atoms with Crippen molar-refractivity contribution < 1.29 is 4.79 Å². The molecule has 21 heavy (non-hydrogen) atoms. The molecule has 0 aliphatic heterocycles. The molecule has 1 saturated carbocycles. The number of amides is 1. The van der Waals surface area contributed by atoms with Gasteiger partial charge in [-0.05, 0) is 48.8 Å². The van der Waals surface area contributed by atoms with E-state index in [1.54, 1.807) is 12.4 Å². The van der Waals surface area contributed by atoms with Crippen molar-refractivity contribution in [2.24, 2.45) is 11.8 Å². The molecule has 2 rings (SSSR count). The van der Waals surface area contributed by atoms with Gasteiger partial charge in [-0.2, -0.15) is 0 Å². The second-order valence-electron chi connectivity index (χ2n) is 6.45. The Labute approximate surface area is 127 Å². The SMILES string of the molecule is C[C@H]1CC(NCCC(=O)NCc2ccncc2)C[C@H](C)C1. The minimum Gasteiger partial charge on any atom is -0.352 e. The van der Waals surface area contributed by atoms with Crippen molar-refractivity contribution in [3.05, 3.63) is 30.1 Å². The second-order valence-corrected chi connectivity index (χ2v) is 6.45. The summed E-state index contributed by atoms with van der Waals surface area (Å²) in [7, 11) is 0. The van der Waals surface area contributed by atoms with E-state index in [0.29, 0.717) is 19.0 Å². The van der Waals surface area contributed by atoms with Gasteiger partial charge in [0.2, 0.25) is 5.91 Å². The smallest absolute Gasteiger partial charge is 0.221 e. The van der Waals surface area contributed by atoms with E-state index in [1.165, 1.54) is 19.3 Å². The van der Waals surface area contributed by atoms with Crippen LogP contribution in [0.1, 0.15) is 45.1 Å². The lowest BCUT2D eigenvalue weighted by atomic mass is 9.80. The quantitative estimate of drug-likeness (QED) is 0.846. The van der Waals surface area contributed by atoms with E-state index in [-0.39, 0.29) is 5.91 Å². The molecule has 4 heteroatoms. The molecule has 1 aliphatic carbocycles. The van der Waals surface area contributed by atoms with Crippen LogP contribution in [0, 0.1) is 11.8 Å². The Balaban J connectivity index is 1.61. The highest BCUT2D eigenvalue weighted by Crippen LogP contribution is 2.28. The van der Waals surface area contributed by atoms with E-state index in [2.05, 4.69) is 29.5 Å². The first kappa shape index (κ1) is 16.0. The van der Waals surface area contributed by atoms with Crippen LogP contribution < -0.4 is 10.6 Å². The van der Waals surface area contributed by atoms with Crippen LogP contribution in [0.5, 0.6) is 0 Å². The van der Waals surface area contributed by atoms with Crippen molar-refractivity contribution in [2.75, 3.05) is 6.54 Å². The van der Waals surface area contributed by atoms with E-state index in [1.807, 2.05) is 12.1 Å². The number of carbonyl (C=O) groups excluding carboxylic acids is 1. The zero-order chi connectivity index (χ0) is 15.1. The molecule has 0 unspecified atom stereocenters. The van der Waals surface area contributed by atoms with Gasteiger partial charge in [-0.3, -0.25) is 9.78 Å². The lowest BCUT2D eigenvalue weighted by molar-refractivity contribution is -0.121. The molecule has 1 aromatic heterocycles. The first-order valence-corrected chi connectivity index (χ1v) is 8.02. The highest BCUT2D eigenvalue weighted by Gasteiger charge is 2.23. The van der Waals surface area contributed by atoms with Crippen LogP contribution in [0.25, 0.3) is 0 Å². The average molecular weight is 289 g/mol. The maximum absolute atomic E-state index is 11.8. The predicted molar refractivity (Wildman–Crippen MR) is 84.7 cm³/mol. The summed E-state index contributed by atoms with van der Waals surface area (Å²) in [6.07, 6.45) is 7.85. The zero-order valence-corrected chi connectivity index (χ0v) is 13.1. The third-order valence-corrected chi connectivity index (χ3v) is 4.20. The van der Waals surface area contributed by atoms with Gasteiger partial charge in [-0.1, -0.05) is 13.8 Å². The molecule has 1 heterocycles. The zero-order valence-electron chi connectivity index (χ0n) is 13.1. The Morgan fingerprint density at radius 1 is 1.19 bits per heavy atom. The summed E-state index contributed by atoms with van der Waals surface area (Å²) < 4.78 is 0. The minimum absolute atomic E-state index is 0.108. The number of pyridine rings is 1. The van der Waals surface area contributed by atoms with E-state index >= 15 is 0 Å². The number of nitrogens with one attached hydrogen (secondary N) is 2. The van der Waals surface area contributed by atoms with Crippen LogP contribution in [0.4, 0.5) is 0 Å². The second kappa shape index (κ2) is 8.13. The third kappa shape index (κ3) is 5.84. The Kier molecular flexibility index (Phi) is 6.18. The van der Waals surface area contributed by atoms with Crippen molar-refractivity contribution in [3.8, 4) is 0 Å². The molecule has 2 atom stereocenters. The first-order valence-electron chi connectivity index (χ1n) is 8.02. The van der Waals surface area contributed by atoms with E-state index < -0.39 is 0 Å². The molecule has 0 radical (unpaired) electrons. The summed E-state index contributed by atoms with van der Waals surface area (Å²) in [5.74, 6) is 1.70. The Bertz CT molecular complexity index is 425. The highest BCUT2D eigenvalue weighted by molar-refractivity contribution is 5.76. The first-order chi connectivity index (χ1) is 10.1. The highest BCUT2D eigenvalue weighted by atomic mass is 16.1. The molecular formula is C17H27N3O. The molecular weight excluding hydrogens is 262 g/mol. The molecule has 0 bridgehead atoms. The maximum atomic E-state index is 11.8. The number of aromatic nitrogens is 1. The molecule has 116 valence electrons. The van der Waals surface area contributed by atoms with Gasteiger partial charge in [-0.15, -0.1) is 0 Å². The summed E-state index contributed by atoms with van der Waals surface area (Å²) in [5.41, 5.74) is 1.08. The fraction of sp³-hybridized carbons (Fsp3) is 0.647. The topological polar surface area (TPSA) is 54.0 Å². The summed E-state index contributed by atoms with van der Waals surface area (Å²) in [6.45, 7) is 6.00. The number of nitrogens with zero attached hydrogens (tertiary/aromatic N) is 1. The summed E-state index contributed by atoms with van der Waals surface area (Å²) in [5, 5.41) is 6.49. The lowest BCUT2D eigenvalue weighted by Gasteiger charge is -2.32. The molecule has 0 spiro atoms. The molecule has 0 saturated heterocycles. The van der Waals surface area contributed by atoms with E-state index in [9.17, 15) is 4.79 Å². The molecule has 1 fully saturated rings. The van der Waals surface area contributed by atoms with Gasteiger partial charge in [0.25, 0.3) is 0 Å². The molecule has 0 aromatic carbocycles. The van der Waals surface area contributed by atoms with Crippen molar-refractivity contribution >= 4 is 5.91 Å². The van der Waals surface area contributed by atoms with Gasteiger partial charge in [0, 0.05) is 37.9 Å². The minimum atomic E-state index is 0.108. The number of hydrogen-bond donors (Lipinski definition) is 2. The Morgan fingerprint density at radius 2 is 1.86 bits per heavy atom. The standard InChI is InChI=1S/C17H27N3O/c1-13-9-14(2)11-16(10-13)19-8-5-17(21)20-12-15-3-6-18-7-4-15/h3-4,6-7,13-14,16,19H,5,8-12H2,1-2H3,(H,20,21)/t13-,14-/m1/s1. The maximum Gasteiger partial charge on any atom is 0.221 e. The van der Waals surface area contributed by atoms with Crippen LogP contribution in [0.2, 0.25) is 0 Å². The molecule has 1 aromatic rings. The fourth-order valence-corrected chi connectivity index (χ4v) is 3.29. The largest absolute Gasteiger partial charge is 0.352 e. The normalized spacial score (nSPS) is 25.5. The summed E-state index contributed by atoms with van der Waals surface area (Å²) >= 11 is 0. The summed E-state index contributed by atoms with van der Waals surface area (Å²) in [6, 6.07) is 4.42. The average Bonchev–Trinajstić information content (AvgIpc) is 2.45. The number of rotatable bonds is 6. The Morgan fingerprint density at radius 3 is 2.52 bits per heavy atom. The van der Waals surface area contributed by atoms with Gasteiger partial charge in [0.15, 0.2) is 0 Å². The third-order valence-electron chi connectivity index (χ3n) is 4.20. The van der Waals surface area contributed by atoms with Gasteiger partial charge >= 0.3 is 0 Å². The molecule has 2 N–H and O–H groups in total. The van der Waals surface area contributed by atoms with Crippen LogP contribution in [-0.4, -0.2) is 23.5 Å². The van der Waals surface area contributed by atoms with Crippen LogP contribution >= 0.6 is 0 Å². The van der Waals surface area contributed by atoms with Gasteiger partial charge < -0.3 is 10.6 Å². The Hall–Kier alpha value is -1.42. The van der Waals surface area contributed by atoms with E-state index in [4.69, 9.17) is 0 Å². The summed E-state index contributed by atoms with van der Waals surface area (Å²) in [4.78, 5) is 15.8. The van der Waals surface area contributed by atoms with Gasteiger partial charge in [0.1, 0.15) is 0 Å². The van der Waals surface area contributed by atoms with Gasteiger partial charge in [-0.25, -0.2) is 0 Å². The fourth-order valence-electron chi connectivity index (χ4n) is 3.29. The van der Waals surface area contributed by atoms with Crippen molar-refractivity contribution in [2.45, 2.75) is 52.1 Å². The monoisotopic (exact) mass is 289 g/mol. The predicted octanol–water partition coefficient (Wildman–Crippen LogP) is 2.50. The van der Waals surface area contributed by atoms with Crippen molar-refractivity contribution in [1.29, 1.82) is 0 Å². The van der Waals surface area contributed by atoms with Crippen LogP contribution in [0.3, 0.4) is 0 Å². The number of carbonyl (C=O) groups is 1. The van der Waals surface area contributed by atoms with E-state index in [0.717, 1.165) is 23.9 Å². The van der Waals surface area contributed by atoms with Crippen molar-refractivity contribution in [1.82, 2.24) is 15.6 Å². The van der Waals surface area contributed by atoms with Crippen LogP contribution in [0.15, 0.2) is 24.5 Å². The molecule has 1 amide bonds. The van der Waals surface area contributed by atoms with Crippen LogP contribution in [-0.2, 0) is 11.3 Å². The van der Waals surface area contributed by atoms with Crippen molar-refractivity contribution in [3.63, 3.8) is 0 Å². The van der Waals surface area contributed by atoms with Gasteiger partial charge in [0.05, 0.1) is 0 Å². The number of hydrogen-bond acceptors (Lipinski definition) is 3. The molecule has 1 aliphatic rings. The lowest BCUT2D eigenvalue weighted by Crippen LogP contribution is -2.38. The molecule has 4 nitrogen and oxygen atoms in total.